The Hall–Kier alpha value is -1.95. The highest BCUT2D eigenvalue weighted by molar-refractivity contribution is 7.12. The van der Waals surface area contributed by atoms with Gasteiger partial charge in [-0.15, -0.1) is 11.3 Å². The number of fused-ring (bicyclic) bond motifs is 1. The lowest BCUT2D eigenvalue weighted by atomic mass is 10.0. The standard InChI is InChI=1S/C11H9N3O2S/c15-11(16)10-7-3-1-2-4-8(7)14(13-10)9-5-12-6-17-9/h1,3,5-6H,2,4H2,(H,15,16). The minimum atomic E-state index is -0.990. The SMILES string of the molecule is O=C(O)c1nn(-c2cncs2)c2c1C=CCC2. The molecular weight excluding hydrogens is 238 g/mol. The number of hydrogen-bond acceptors (Lipinski definition) is 4. The van der Waals surface area contributed by atoms with Crippen LogP contribution in [0, 0.1) is 0 Å². The van der Waals surface area contributed by atoms with Crippen molar-refractivity contribution < 1.29 is 9.90 Å². The first-order valence-electron chi connectivity index (χ1n) is 5.18. The molecule has 3 rings (SSSR count). The van der Waals surface area contributed by atoms with Crippen LogP contribution >= 0.6 is 11.3 Å². The number of thiazole rings is 1. The third-order valence-electron chi connectivity index (χ3n) is 2.68. The predicted octanol–water partition coefficient (Wildman–Crippen LogP) is 1.99. The minimum absolute atomic E-state index is 0.115. The van der Waals surface area contributed by atoms with Crippen molar-refractivity contribution in [3.05, 3.63) is 34.7 Å². The second-order valence-corrected chi connectivity index (χ2v) is 4.57. The van der Waals surface area contributed by atoms with Crippen LogP contribution in [-0.2, 0) is 6.42 Å². The Labute approximate surface area is 101 Å². The van der Waals surface area contributed by atoms with Gasteiger partial charge in [0.15, 0.2) is 5.69 Å². The topological polar surface area (TPSA) is 68.0 Å². The first-order chi connectivity index (χ1) is 8.27. The lowest BCUT2D eigenvalue weighted by Crippen LogP contribution is -2.02. The fourth-order valence-corrected chi connectivity index (χ4v) is 2.56. The van der Waals surface area contributed by atoms with Gasteiger partial charge in [-0.25, -0.2) is 9.48 Å². The average Bonchev–Trinajstić information content (AvgIpc) is 2.95. The van der Waals surface area contributed by atoms with Crippen molar-refractivity contribution in [2.45, 2.75) is 12.8 Å². The number of carboxylic acids is 1. The average molecular weight is 247 g/mol. The van der Waals surface area contributed by atoms with Crippen molar-refractivity contribution in [3.8, 4) is 5.00 Å². The molecule has 2 aromatic rings. The van der Waals surface area contributed by atoms with E-state index < -0.39 is 5.97 Å². The fourth-order valence-electron chi connectivity index (χ4n) is 1.96. The van der Waals surface area contributed by atoms with Crippen LogP contribution in [0.5, 0.6) is 0 Å². The molecule has 0 saturated carbocycles. The Balaban J connectivity index is 2.24. The molecule has 0 fully saturated rings. The number of hydrogen-bond donors (Lipinski definition) is 1. The summed E-state index contributed by atoms with van der Waals surface area (Å²) in [6, 6.07) is 0. The highest BCUT2D eigenvalue weighted by Crippen LogP contribution is 2.26. The van der Waals surface area contributed by atoms with Crippen LogP contribution in [-0.4, -0.2) is 25.8 Å². The summed E-state index contributed by atoms with van der Waals surface area (Å²) in [5.74, 6) is -0.990. The number of rotatable bonds is 2. The molecule has 0 unspecified atom stereocenters. The van der Waals surface area contributed by atoms with Gasteiger partial charge in [0.25, 0.3) is 0 Å². The number of aromatic carboxylic acids is 1. The maximum Gasteiger partial charge on any atom is 0.357 e. The number of carbonyl (C=O) groups is 1. The Morgan fingerprint density at radius 3 is 3.12 bits per heavy atom. The van der Waals surface area contributed by atoms with E-state index in [0.717, 1.165) is 29.1 Å². The second-order valence-electron chi connectivity index (χ2n) is 3.71. The summed E-state index contributed by atoms with van der Waals surface area (Å²) in [4.78, 5) is 15.1. The molecule has 1 aliphatic carbocycles. The van der Waals surface area contributed by atoms with Gasteiger partial charge in [-0.2, -0.15) is 5.10 Å². The molecule has 1 aliphatic rings. The fraction of sp³-hybridized carbons (Fsp3) is 0.182. The molecule has 17 heavy (non-hydrogen) atoms. The zero-order valence-electron chi connectivity index (χ0n) is 8.83. The minimum Gasteiger partial charge on any atom is -0.476 e. The quantitative estimate of drug-likeness (QED) is 0.881. The molecule has 1 N–H and O–H groups in total. The van der Waals surface area contributed by atoms with Crippen molar-refractivity contribution in [1.29, 1.82) is 0 Å². The maximum absolute atomic E-state index is 11.1. The Bertz CT molecular complexity index is 599. The van der Waals surface area contributed by atoms with Crippen LogP contribution in [0.25, 0.3) is 11.1 Å². The van der Waals surface area contributed by atoms with Crippen LogP contribution in [0.2, 0.25) is 0 Å². The molecule has 6 heteroatoms. The number of allylic oxidation sites excluding steroid dienone is 1. The molecule has 0 aromatic carbocycles. The summed E-state index contributed by atoms with van der Waals surface area (Å²) in [5, 5.41) is 14.2. The molecule has 86 valence electrons. The molecular formula is C11H9N3O2S. The van der Waals surface area contributed by atoms with Gasteiger partial charge in [0.05, 0.1) is 17.4 Å². The van der Waals surface area contributed by atoms with Crippen molar-refractivity contribution in [2.24, 2.45) is 0 Å². The smallest absolute Gasteiger partial charge is 0.357 e. The van der Waals surface area contributed by atoms with Gasteiger partial charge in [-0.1, -0.05) is 12.2 Å². The largest absolute Gasteiger partial charge is 0.476 e. The highest BCUT2D eigenvalue weighted by Gasteiger charge is 2.23. The number of nitrogens with zero attached hydrogens (tertiary/aromatic N) is 3. The molecule has 0 amide bonds. The number of carboxylic acid groups (broad SMARTS) is 1. The third kappa shape index (κ3) is 1.57. The summed E-state index contributed by atoms with van der Waals surface area (Å²) in [6.45, 7) is 0. The molecule has 0 radical (unpaired) electrons. The summed E-state index contributed by atoms with van der Waals surface area (Å²) >= 11 is 1.45. The summed E-state index contributed by atoms with van der Waals surface area (Å²) < 4.78 is 1.69. The van der Waals surface area contributed by atoms with E-state index in [9.17, 15) is 4.79 Å². The second kappa shape index (κ2) is 3.81. The van der Waals surface area contributed by atoms with Gasteiger partial charge >= 0.3 is 5.97 Å². The normalized spacial score (nSPS) is 13.6. The van der Waals surface area contributed by atoms with Crippen molar-refractivity contribution in [2.75, 3.05) is 0 Å². The highest BCUT2D eigenvalue weighted by atomic mass is 32.1. The predicted molar refractivity (Wildman–Crippen MR) is 63.6 cm³/mol. The lowest BCUT2D eigenvalue weighted by Gasteiger charge is -2.07. The van der Waals surface area contributed by atoms with E-state index in [0.29, 0.717) is 0 Å². The summed E-state index contributed by atoms with van der Waals surface area (Å²) in [7, 11) is 0. The van der Waals surface area contributed by atoms with Crippen molar-refractivity contribution in [1.82, 2.24) is 14.8 Å². The van der Waals surface area contributed by atoms with E-state index >= 15 is 0 Å². The first-order valence-corrected chi connectivity index (χ1v) is 6.06. The Morgan fingerprint density at radius 1 is 1.53 bits per heavy atom. The van der Waals surface area contributed by atoms with Crippen molar-refractivity contribution in [3.63, 3.8) is 0 Å². The van der Waals surface area contributed by atoms with E-state index in [-0.39, 0.29) is 5.69 Å². The van der Waals surface area contributed by atoms with E-state index in [1.165, 1.54) is 11.3 Å². The van der Waals surface area contributed by atoms with Crippen molar-refractivity contribution >= 4 is 23.4 Å². The van der Waals surface area contributed by atoms with E-state index in [1.54, 1.807) is 16.4 Å². The van der Waals surface area contributed by atoms with Gasteiger partial charge in [0.2, 0.25) is 0 Å². The van der Waals surface area contributed by atoms with E-state index in [4.69, 9.17) is 5.11 Å². The molecule has 2 aromatic heterocycles. The van der Waals surface area contributed by atoms with Crippen LogP contribution < -0.4 is 0 Å². The first kappa shape index (κ1) is 10.2. The Kier molecular flexibility index (Phi) is 2.29. The van der Waals surface area contributed by atoms with Gasteiger partial charge in [-0.3, -0.25) is 4.98 Å². The monoisotopic (exact) mass is 247 g/mol. The summed E-state index contributed by atoms with van der Waals surface area (Å²) in [5.41, 5.74) is 3.50. The maximum atomic E-state index is 11.1. The van der Waals surface area contributed by atoms with Crippen LogP contribution in [0.1, 0.15) is 28.2 Å². The summed E-state index contributed by atoms with van der Waals surface area (Å²) in [6.07, 6.45) is 7.24. The zero-order valence-corrected chi connectivity index (χ0v) is 9.65. The van der Waals surface area contributed by atoms with Crippen LogP contribution in [0.15, 0.2) is 17.8 Å². The Morgan fingerprint density at radius 2 is 2.41 bits per heavy atom. The molecule has 0 bridgehead atoms. The molecule has 5 nitrogen and oxygen atoms in total. The zero-order chi connectivity index (χ0) is 11.8. The van der Waals surface area contributed by atoms with E-state index in [1.807, 2.05) is 12.2 Å². The van der Waals surface area contributed by atoms with Gasteiger partial charge in [-0.05, 0) is 12.8 Å². The van der Waals surface area contributed by atoms with Crippen LogP contribution in [0.3, 0.4) is 0 Å². The molecule has 2 heterocycles. The molecule has 0 atom stereocenters. The lowest BCUT2D eigenvalue weighted by molar-refractivity contribution is 0.0690. The molecule has 0 spiro atoms. The third-order valence-corrected chi connectivity index (χ3v) is 3.43. The van der Waals surface area contributed by atoms with Crippen LogP contribution in [0.4, 0.5) is 0 Å². The number of aromatic nitrogens is 3. The van der Waals surface area contributed by atoms with Gasteiger partial charge in [0, 0.05) is 5.56 Å². The molecule has 0 aliphatic heterocycles. The molecule has 0 saturated heterocycles. The van der Waals surface area contributed by atoms with Gasteiger partial charge < -0.3 is 5.11 Å². The van der Waals surface area contributed by atoms with E-state index in [2.05, 4.69) is 10.1 Å². The van der Waals surface area contributed by atoms with Gasteiger partial charge in [0.1, 0.15) is 5.00 Å².